The first-order chi connectivity index (χ1) is 16.4. The predicted molar refractivity (Wildman–Crippen MR) is 128 cm³/mol. The average molecular weight is 470 g/mol. The molecule has 1 aliphatic heterocycles. The topological polar surface area (TPSA) is 126 Å². The summed E-state index contributed by atoms with van der Waals surface area (Å²) in [7, 11) is 0. The molecule has 10 heteroatoms. The second kappa shape index (κ2) is 8.34. The van der Waals surface area contributed by atoms with Crippen LogP contribution in [0.1, 0.15) is 21.5 Å². The number of amides is 1. The number of nitro groups is 1. The monoisotopic (exact) mass is 470 g/mol. The Kier molecular flexibility index (Phi) is 5.19. The molecule has 1 aromatic heterocycles. The van der Waals surface area contributed by atoms with Crippen LogP contribution in [0.3, 0.4) is 0 Å². The zero-order valence-electron chi connectivity index (χ0n) is 17.3. The molecule has 0 saturated heterocycles. The van der Waals surface area contributed by atoms with Crippen LogP contribution in [0.2, 0.25) is 0 Å². The van der Waals surface area contributed by atoms with Crippen LogP contribution in [0.25, 0.3) is 16.3 Å². The van der Waals surface area contributed by atoms with E-state index in [0.29, 0.717) is 32.3 Å². The first kappa shape index (κ1) is 21.2. The highest BCUT2D eigenvalue weighted by atomic mass is 32.1. The van der Waals surface area contributed by atoms with Gasteiger partial charge in [0.05, 0.1) is 20.7 Å². The van der Waals surface area contributed by atoms with E-state index in [1.54, 1.807) is 12.1 Å². The Labute approximate surface area is 196 Å². The maximum atomic E-state index is 13.4. The number of aromatic carboxylic acids is 1. The van der Waals surface area contributed by atoms with Gasteiger partial charge in [-0.2, -0.15) is 0 Å². The summed E-state index contributed by atoms with van der Waals surface area (Å²) in [4.78, 5) is 45.8. The fourth-order valence-electron chi connectivity index (χ4n) is 3.50. The van der Waals surface area contributed by atoms with Gasteiger partial charge in [0.15, 0.2) is 5.13 Å². The number of fused-ring (bicyclic) bond motifs is 1. The second-order valence-electron chi connectivity index (χ2n) is 7.31. The highest BCUT2D eigenvalue weighted by molar-refractivity contribution is 7.22. The van der Waals surface area contributed by atoms with Gasteiger partial charge >= 0.3 is 5.97 Å². The lowest BCUT2D eigenvalue weighted by molar-refractivity contribution is -0.384. The van der Waals surface area contributed by atoms with Gasteiger partial charge in [-0.1, -0.05) is 53.8 Å². The molecular formula is C24H14N4O5S. The van der Waals surface area contributed by atoms with Crippen molar-refractivity contribution in [1.82, 2.24) is 4.98 Å². The first-order valence-electron chi connectivity index (χ1n) is 9.99. The molecule has 0 radical (unpaired) electrons. The summed E-state index contributed by atoms with van der Waals surface area (Å²) in [5.41, 5.74) is 1.84. The molecule has 4 aromatic rings. The second-order valence-corrected chi connectivity index (χ2v) is 8.32. The number of benzene rings is 3. The van der Waals surface area contributed by atoms with E-state index < -0.39 is 16.8 Å². The molecule has 0 spiro atoms. The Morgan fingerprint density at radius 3 is 2.59 bits per heavy atom. The summed E-state index contributed by atoms with van der Waals surface area (Å²) in [6.07, 6.45) is 1.49. The van der Waals surface area contributed by atoms with Gasteiger partial charge in [-0.25, -0.2) is 19.7 Å². The molecule has 1 amide bonds. The lowest BCUT2D eigenvalue weighted by atomic mass is 10.1. The number of aromatic nitrogens is 1. The molecule has 0 atom stereocenters. The number of rotatable bonds is 5. The molecule has 5 rings (SSSR count). The van der Waals surface area contributed by atoms with Crippen LogP contribution in [-0.4, -0.2) is 32.7 Å². The van der Waals surface area contributed by atoms with Crippen LogP contribution in [0.15, 0.2) is 83.5 Å². The maximum Gasteiger partial charge on any atom is 0.335 e. The van der Waals surface area contributed by atoms with Gasteiger partial charge < -0.3 is 5.11 Å². The van der Waals surface area contributed by atoms with Crippen molar-refractivity contribution in [1.29, 1.82) is 0 Å². The first-order valence-corrected chi connectivity index (χ1v) is 10.8. The number of non-ortho nitro benzene ring substituents is 1. The van der Waals surface area contributed by atoms with E-state index in [4.69, 9.17) is 0 Å². The van der Waals surface area contributed by atoms with E-state index >= 15 is 0 Å². The summed E-state index contributed by atoms with van der Waals surface area (Å²) < 4.78 is 0.617. The van der Waals surface area contributed by atoms with Crippen LogP contribution < -0.4 is 4.90 Å². The minimum absolute atomic E-state index is 0.0932. The van der Waals surface area contributed by atoms with Crippen molar-refractivity contribution in [3.05, 3.63) is 105 Å². The smallest absolute Gasteiger partial charge is 0.335 e. The number of carbonyl (C=O) groups excluding carboxylic acids is 1. The molecule has 2 heterocycles. The van der Waals surface area contributed by atoms with Crippen LogP contribution >= 0.6 is 11.3 Å². The van der Waals surface area contributed by atoms with Crippen molar-refractivity contribution in [2.75, 3.05) is 4.90 Å². The number of amidine groups is 1. The van der Waals surface area contributed by atoms with Gasteiger partial charge in [0.25, 0.3) is 11.6 Å². The van der Waals surface area contributed by atoms with Crippen LogP contribution in [0, 0.1) is 10.1 Å². The zero-order chi connectivity index (χ0) is 23.8. The number of carbonyl (C=O) groups is 2. The molecule has 1 aliphatic rings. The lowest BCUT2D eigenvalue weighted by Crippen LogP contribution is -2.32. The van der Waals surface area contributed by atoms with E-state index in [1.165, 1.54) is 52.6 Å². The minimum Gasteiger partial charge on any atom is -0.478 e. The van der Waals surface area contributed by atoms with Crippen LogP contribution in [-0.2, 0) is 4.79 Å². The minimum atomic E-state index is -1.05. The summed E-state index contributed by atoms with van der Waals surface area (Å²) in [5, 5.41) is 20.7. The Bertz CT molecular complexity index is 1540. The van der Waals surface area contributed by atoms with E-state index in [0.717, 1.165) is 0 Å². The molecular weight excluding hydrogens is 456 g/mol. The number of nitrogens with zero attached hydrogens (tertiary/aromatic N) is 4. The number of thiazole rings is 1. The number of nitro benzene ring substituents is 1. The molecule has 1 N–H and O–H groups in total. The molecule has 0 bridgehead atoms. The number of carboxylic acid groups (broad SMARTS) is 1. The Balaban J connectivity index is 1.62. The van der Waals surface area contributed by atoms with E-state index in [9.17, 15) is 24.8 Å². The summed E-state index contributed by atoms with van der Waals surface area (Å²) >= 11 is 1.18. The molecule has 0 saturated carbocycles. The van der Waals surface area contributed by atoms with Gasteiger partial charge in [0, 0.05) is 17.7 Å². The van der Waals surface area contributed by atoms with Crippen molar-refractivity contribution in [2.45, 2.75) is 0 Å². The normalized spacial score (nSPS) is 14.6. The van der Waals surface area contributed by atoms with Crippen molar-refractivity contribution in [2.24, 2.45) is 4.99 Å². The summed E-state index contributed by atoms with van der Waals surface area (Å²) in [6.45, 7) is 0. The van der Waals surface area contributed by atoms with Crippen LogP contribution in [0.4, 0.5) is 10.8 Å². The van der Waals surface area contributed by atoms with Crippen molar-refractivity contribution >= 4 is 56.2 Å². The Hall–Kier alpha value is -4.70. The van der Waals surface area contributed by atoms with Crippen LogP contribution in [0.5, 0.6) is 0 Å². The predicted octanol–water partition coefficient (Wildman–Crippen LogP) is 4.74. The third-order valence-corrected chi connectivity index (χ3v) is 6.10. The number of aliphatic imine (C=N–C) groups is 1. The number of hydrogen-bond acceptors (Lipinski definition) is 7. The van der Waals surface area contributed by atoms with E-state index in [2.05, 4.69) is 9.98 Å². The largest absolute Gasteiger partial charge is 0.478 e. The maximum absolute atomic E-state index is 13.4. The summed E-state index contributed by atoms with van der Waals surface area (Å²) in [6, 6.07) is 19.6. The van der Waals surface area contributed by atoms with E-state index in [1.807, 2.05) is 30.3 Å². The quantitative estimate of drug-likeness (QED) is 0.255. The number of carboxylic acids is 1. The molecule has 0 aliphatic carbocycles. The highest BCUT2D eigenvalue weighted by Gasteiger charge is 2.34. The molecule has 3 aromatic carbocycles. The Morgan fingerprint density at radius 1 is 1.06 bits per heavy atom. The van der Waals surface area contributed by atoms with Gasteiger partial charge in [0.2, 0.25) is 0 Å². The standard InChI is InChI=1S/C24H14N4O5S/c29-22-19(12-14-5-4-8-17(11-14)28(32)33)25-21(15-6-2-1-3-7-15)27(22)24-26-18-10-9-16(23(30)31)13-20(18)34-24/h1-13H,(H,30,31). The van der Waals surface area contributed by atoms with Gasteiger partial charge in [-0.05, 0) is 29.8 Å². The van der Waals surface area contributed by atoms with Crippen molar-refractivity contribution in [3.8, 4) is 0 Å². The SMILES string of the molecule is O=C(O)c1ccc2nc(N3C(=O)C(=Cc4cccc([N+](=O)[O-])c4)N=C3c3ccccc3)sc2c1. The molecule has 166 valence electrons. The van der Waals surface area contributed by atoms with E-state index in [-0.39, 0.29) is 16.9 Å². The number of hydrogen-bond donors (Lipinski definition) is 1. The van der Waals surface area contributed by atoms with Crippen molar-refractivity contribution in [3.63, 3.8) is 0 Å². The molecule has 34 heavy (non-hydrogen) atoms. The molecule has 0 unspecified atom stereocenters. The Morgan fingerprint density at radius 2 is 1.85 bits per heavy atom. The van der Waals surface area contributed by atoms with Crippen molar-refractivity contribution < 1.29 is 19.6 Å². The third-order valence-electron chi connectivity index (χ3n) is 5.09. The fourth-order valence-corrected chi connectivity index (χ4v) is 4.51. The van der Waals surface area contributed by atoms with Gasteiger partial charge in [0.1, 0.15) is 11.5 Å². The molecule has 9 nitrogen and oxygen atoms in total. The fraction of sp³-hybridized carbons (Fsp3) is 0. The third kappa shape index (κ3) is 3.82. The molecule has 0 fully saturated rings. The summed E-state index contributed by atoms with van der Waals surface area (Å²) in [5.74, 6) is -1.13. The lowest BCUT2D eigenvalue weighted by Gasteiger charge is -2.14. The highest BCUT2D eigenvalue weighted by Crippen LogP contribution is 2.34. The van der Waals surface area contributed by atoms with Gasteiger partial charge in [-0.3, -0.25) is 14.9 Å². The average Bonchev–Trinajstić information content (AvgIpc) is 3.40. The van der Waals surface area contributed by atoms with Gasteiger partial charge in [-0.15, -0.1) is 0 Å². The number of anilines is 1. The zero-order valence-corrected chi connectivity index (χ0v) is 18.1.